The van der Waals surface area contributed by atoms with E-state index in [9.17, 15) is 4.79 Å². The molecular formula is C14H23N3O2S. The van der Waals surface area contributed by atoms with E-state index in [0.29, 0.717) is 17.4 Å². The lowest BCUT2D eigenvalue weighted by atomic mass is 10.4. The third-order valence-corrected chi connectivity index (χ3v) is 3.20. The highest BCUT2D eigenvalue weighted by Crippen LogP contribution is 2.08. The fourth-order valence-corrected chi connectivity index (χ4v) is 2.08. The maximum absolute atomic E-state index is 12.0. The summed E-state index contributed by atoms with van der Waals surface area (Å²) in [5.41, 5.74) is 0. The normalized spacial score (nSPS) is 12.0. The van der Waals surface area contributed by atoms with E-state index in [1.807, 2.05) is 39.4 Å². The van der Waals surface area contributed by atoms with Crippen molar-refractivity contribution in [1.82, 2.24) is 10.2 Å². The van der Waals surface area contributed by atoms with Gasteiger partial charge in [0, 0.05) is 6.54 Å². The Labute approximate surface area is 124 Å². The van der Waals surface area contributed by atoms with Crippen LogP contribution < -0.4 is 5.32 Å². The molecule has 112 valence electrons. The molecule has 1 amide bonds. The standard InChI is InChI=1S/C14H23N3O2S/c1-11(2)19-14(15-8-6-9-17(3)4)16-13(18)12-7-5-10-20-12/h5,7,10-11H,6,8-9H2,1-4H3,(H,15,16,18). The minimum atomic E-state index is -0.174. The van der Waals surface area contributed by atoms with Gasteiger partial charge in [-0.3, -0.25) is 10.1 Å². The number of hydrogen-bond donors (Lipinski definition) is 1. The summed E-state index contributed by atoms with van der Waals surface area (Å²) >= 11 is 1.39. The smallest absolute Gasteiger partial charge is 0.291 e. The van der Waals surface area contributed by atoms with Crippen molar-refractivity contribution < 1.29 is 9.53 Å². The summed E-state index contributed by atoms with van der Waals surface area (Å²) in [6, 6.07) is 3.92. The molecule has 0 atom stereocenters. The Balaban J connectivity index is 2.55. The van der Waals surface area contributed by atoms with Gasteiger partial charge in [-0.1, -0.05) is 6.07 Å². The fraction of sp³-hybridized carbons (Fsp3) is 0.571. The van der Waals surface area contributed by atoms with Crippen LogP contribution in [0.4, 0.5) is 0 Å². The van der Waals surface area contributed by atoms with Crippen molar-refractivity contribution in [3.63, 3.8) is 0 Å². The number of rotatable bonds is 6. The van der Waals surface area contributed by atoms with Crippen LogP contribution in [-0.4, -0.2) is 50.1 Å². The van der Waals surface area contributed by atoms with Gasteiger partial charge in [-0.05, 0) is 52.4 Å². The zero-order valence-electron chi connectivity index (χ0n) is 12.5. The Bertz CT molecular complexity index is 428. The molecule has 0 aromatic carbocycles. The van der Waals surface area contributed by atoms with Crippen molar-refractivity contribution >= 4 is 23.3 Å². The average Bonchev–Trinajstić information content (AvgIpc) is 2.87. The molecule has 0 fully saturated rings. The number of ether oxygens (including phenoxy) is 1. The maximum atomic E-state index is 12.0. The monoisotopic (exact) mass is 297 g/mol. The second-order valence-corrected chi connectivity index (χ2v) is 5.89. The molecule has 0 radical (unpaired) electrons. The molecule has 0 aliphatic carbocycles. The minimum absolute atomic E-state index is 0.0220. The van der Waals surface area contributed by atoms with Crippen LogP contribution in [0.5, 0.6) is 0 Å². The van der Waals surface area contributed by atoms with Crippen molar-refractivity contribution in [2.75, 3.05) is 27.2 Å². The lowest BCUT2D eigenvalue weighted by Crippen LogP contribution is -2.34. The molecular weight excluding hydrogens is 274 g/mol. The molecule has 1 heterocycles. The Kier molecular flexibility index (Phi) is 7.25. The van der Waals surface area contributed by atoms with Gasteiger partial charge in [-0.2, -0.15) is 0 Å². The van der Waals surface area contributed by atoms with E-state index in [4.69, 9.17) is 4.74 Å². The SMILES string of the molecule is CC(C)OC(=NCCCN(C)C)NC(=O)c1cccs1. The summed E-state index contributed by atoms with van der Waals surface area (Å²) in [4.78, 5) is 19.0. The second kappa shape index (κ2) is 8.71. The predicted molar refractivity (Wildman–Crippen MR) is 83.5 cm³/mol. The molecule has 1 N–H and O–H groups in total. The predicted octanol–water partition coefficient (Wildman–Crippen LogP) is 2.21. The first-order valence-corrected chi connectivity index (χ1v) is 7.57. The third-order valence-electron chi connectivity index (χ3n) is 2.33. The van der Waals surface area contributed by atoms with Gasteiger partial charge in [0.1, 0.15) is 0 Å². The van der Waals surface area contributed by atoms with E-state index in [1.54, 1.807) is 6.07 Å². The van der Waals surface area contributed by atoms with E-state index in [1.165, 1.54) is 11.3 Å². The highest BCUT2D eigenvalue weighted by Gasteiger charge is 2.11. The number of hydrogen-bond acceptors (Lipinski definition) is 5. The van der Waals surface area contributed by atoms with Crippen LogP contribution in [0.15, 0.2) is 22.5 Å². The van der Waals surface area contributed by atoms with Crippen molar-refractivity contribution in [2.45, 2.75) is 26.4 Å². The number of amidine groups is 1. The maximum Gasteiger partial charge on any atom is 0.291 e. The summed E-state index contributed by atoms with van der Waals surface area (Å²) in [5.74, 6) is -0.174. The number of nitrogens with zero attached hydrogens (tertiary/aromatic N) is 2. The van der Waals surface area contributed by atoms with Crippen molar-refractivity contribution in [1.29, 1.82) is 0 Å². The number of thiophene rings is 1. The zero-order valence-corrected chi connectivity index (χ0v) is 13.4. The van der Waals surface area contributed by atoms with Gasteiger partial charge >= 0.3 is 0 Å². The number of amides is 1. The molecule has 1 aromatic heterocycles. The van der Waals surface area contributed by atoms with E-state index in [0.717, 1.165) is 13.0 Å². The Morgan fingerprint density at radius 2 is 2.25 bits per heavy atom. The number of carbonyl (C=O) groups is 1. The van der Waals surface area contributed by atoms with E-state index in [-0.39, 0.29) is 12.0 Å². The quantitative estimate of drug-likeness (QED) is 0.497. The van der Waals surface area contributed by atoms with Crippen LogP contribution in [0.1, 0.15) is 29.9 Å². The average molecular weight is 297 g/mol. The zero-order chi connectivity index (χ0) is 15.0. The van der Waals surface area contributed by atoms with Crippen molar-refractivity contribution in [3.05, 3.63) is 22.4 Å². The van der Waals surface area contributed by atoms with Crippen molar-refractivity contribution in [2.24, 2.45) is 4.99 Å². The molecule has 1 rings (SSSR count). The molecule has 5 nitrogen and oxygen atoms in total. The van der Waals surface area contributed by atoms with Gasteiger partial charge in [0.25, 0.3) is 11.9 Å². The molecule has 0 saturated carbocycles. The van der Waals surface area contributed by atoms with Crippen LogP contribution in [0.2, 0.25) is 0 Å². The van der Waals surface area contributed by atoms with Gasteiger partial charge in [0.05, 0.1) is 11.0 Å². The van der Waals surface area contributed by atoms with E-state index >= 15 is 0 Å². The van der Waals surface area contributed by atoms with Crippen LogP contribution in [0, 0.1) is 0 Å². The second-order valence-electron chi connectivity index (χ2n) is 4.94. The first kappa shape index (κ1) is 16.7. The fourth-order valence-electron chi connectivity index (χ4n) is 1.46. The van der Waals surface area contributed by atoms with E-state index in [2.05, 4.69) is 15.2 Å². The highest BCUT2D eigenvalue weighted by atomic mass is 32.1. The molecule has 6 heteroatoms. The first-order chi connectivity index (χ1) is 9.49. The van der Waals surface area contributed by atoms with Crippen molar-refractivity contribution in [3.8, 4) is 0 Å². The highest BCUT2D eigenvalue weighted by molar-refractivity contribution is 7.12. The molecule has 1 aromatic rings. The number of carbonyl (C=O) groups excluding carboxylic acids is 1. The van der Waals surface area contributed by atoms with Crippen LogP contribution in [0.3, 0.4) is 0 Å². The van der Waals surface area contributed by atoms with Gasteiger partial charge in [0.2, 0.25) is 0 Å². The molecule has 20 heavy (non-hydrogen) atoms. The molecule has 0 bridgehead atoms. The van der Waals surface area contributed by atoms with Crippen LogP contribution in [0.25, 0.3) is 0 Å². The molecule has 0 spiro atoms. The lowest BCUT2D eigenvalue weighted by molar-refractivity contribution is 0.0963. The topological polar surface area (TPSA) is 53.9 Å². The largest absolute Gasteiger partial charge is 0.462 e. The van der Waals surface area contributed by atoms with Gasteiger partial charge < -0.3 is 9.64 Å². The minimum Gasteiger partial charge on any atom is -0.462 e. The Morgan fingerprint density at radius 1 is 1.50 bits per heavy atom. The summed E-state index contributed by atoms with van der Waals surface area (Å²) in [7, 11) is 4.04. The summed E-state index contributed by atoms with van der Waals surface area (Å²) in [6.07, 6.45) is 0.901. The summed E-state index contributed by atoms with van der Waals surface area (Å²) in [5, 5.41) is 4.59. The van der Waals surface area contributed by atoms with Gasteiger partial charge in [0.15, 0.2) is 0 Å². The van der Waals surface area contributed by atoms with E-state index < -0.39 is 0 Å². The summed E-state index contributed by atoms with van der Waals surface area (Å²) < 4.78 is 5.54. The lowest BCUT2D eigenvalue weighted by Gasteiger charge is -2.13. The Hall–Kier alpha value is -1.40. The van der Waals surface area contributed by atoms with Gasteiger partial charge in [-0.15, -0.1) is 11.3 Å². The molecule has 0 saturated heterocycles. The summed E-state index contributed by atoms with van der Waals surface area (Å²) in [6.45, 7) is 5.40. The third kappa shape index (κ3) is 6.68. The Morgan fingerprint density at radius 3 is 2.80 bits per heavy atom. The number of aliphatic imine (C=N–C) groups is 1. The van der Waals surface area contributed by atoms with Crippen LogP contribution >= 0.6 is 11.3 Å². The van der Waals surface area contributed by atoms with Gasteiger partial charge in [-0.25, -0.2) is 4.99 Å². The molecule has 0 unspecified atom stereocenters. The first-order valence-electron chi connectivity index (χ1n) is 6.69. The molecule has 0 aliphatic heterocycles. The molecule has 0 aliphatic rings. The van der Waals surface area contributed by atoms with Crippen LogP contribution in [-0.2, 0) is 4.74 Å². The number of nitrogens with one attached hydrogen (secondary N) is 1.